The summed E-state index contributed by atoms with van der Waals surface area (Å²) in [7, 11) is 0. The van der Waals surface area contributed by atoms with Gasteiger partial charge in [-0.05, 0) is 13.0 Å². The predicted octanol–water partition coefficient (Wildman–Crippen LogP) is 3.13. The smallest absolute Gasteiger partial charge is 0.294 e. The lowest BCUT2D eigenvalue weighted by Crippen LogP contribution is -2.14. The van der Waals surface area contributed by atoms with Gasteiger partial charge in [-0.25, -0.2) is 0 Å². The van der Waals surface area contributed by atoms with Crippen molar-refractivity contribution in [2.24, 2.45) is 0 Å². The molecule has 0 amide bonds. The number of benzene rings is 1. The fraction of sp³-hybridized carbons (Fsp3) is 0.300. The number of aryl methyl sites for hydroxylation is 1. The summed E-state index contributed by atoms with van der Waals surface area (Å²) in [6.07, 6.45) is -5.82. The highest BCUT2D eigenvalue weighted by molar-refractivity contribution is 5.96. The van der Waals surface area contributed by atoms with Gasteiger partial charge in [0.2, 0.25) is 0 Å². The van der Waals surface area contributed by atoms with Crippen LogP contribution in [0.2, 0.25) is 0 Å². The molecule has 0 atom stereocenters. The van der Waals surface area contributed by atoms with Crippen LogP contribution in [0, 0.1) is 6.92 Å². The standard InChI is InChI=1S/C10H9F3O/c1-7-3-2-4-8(5-7)9(14)6-10(11,12)13/h2-5H,6H2,1H3. The van der Waals surface area contributed by atoms with E-state index in [2.05, 4.69) is 0 Å². The number of halogens is 3. The van der Waals surface area contributed by atoms with Crippen molar-refractivity contribution in [3.8, 4) is 0 Å². The van der Waals surface area contributed by atoms with E-state index in [0.29, 0.717) is 0 Å². The van der Waals surface area contributed by atoms with E-state index in [9.17, 15) is 18.0 Å². The summed E-state index contributed by atoms with van der Waals surface area (Å²) in [5.41, 5.74) is 0.889. The van der Waals surface area contributed by atoms with E-state index >= 15 is 0 Å². The highest BCUT2D eigenvalue weighted by Crippen LogP contribution is 2.22. The van der Waals surface area contributed by atoms with E-state index in [4.69, 9.17) is 0 Å². The summed E-state index contributed by atoms with van der Waals surface area (Å²) in [5.74, 6) is -0.888. The SMILES string of the molecule is Cc1cccc(C(=O)CC(F)(F)F)c1. The van der Waals surface area contributed by atoms with Gasteiger partial charge in [0.15, 0.2) is 5.78 Å². The first-order valence-electron chi connectivity index (χ1n) is 4.05. The largest absolute Gasteiger partial charge is 0.396 e. The molecule has 76 valence electrons. The molecule has 0 fully saturated rings. The Morgan fingerprint density at radius 3 is 2.50 bits per heavy atom. The third kappa shape index (κ3) is 3.20. The third-order valence-electron chi connectivity index (χ3n) is 1.70. The zero-order valence-corrected chi connectivity index (χ0v) is 7.56. The molecular weight excluding hydrogens is 193 g/mol. The van der Waals surface area contributed by atoms with Gasteiger partial charge in [0.1, 0.15) is 6.42 Å². The average Bonchev–Trinajstić information content (AvgIpc) is 2.01. The maximum atomic E-state index is 11.9. The number of rotatable bonds is 2. The Labute approximate surface area is 79.5 Å². The Morgan fingerprint density at radius 1 is 1.36 bits per heavy atom. The van der Waals surface area contributed by atoms with Crippen molar-refractivity contribution in [3.05, 3.63) is 35.4 Å². The molecule has 4 heteroatoms. The van der Waals surface area contributed by atoms with E-state index in [1.165, 1.54) is 12.1 Å². The zero-order valence-electron chi connectivity index (χ0n) is 7.56. The predicted molar refractivity (Wildman–Crippen MR) is 46.2 cm³/mol. The molecule has 1 nitrogen and oxygen atoms in total. The van der Waals surface area contributed by atoms with Crippen molar-refractivity contribution in [3.63, 3.8) is 0 Å². The molecule has 0 bridgehead atoms. The van der Waals surface area contributed by atoms with Crippen LogP contribution in [0.25, 0.3) is 0 Å². The van der Waals surface area contributed by atoms with Gasteiger partial charge in [-0.15, -0.1) is 0 Å². The summed E-state index contributed by atoms with van der Waals surface area (Å²) in [4.78, 5) is 11.1. The third-order valence-corrected chi connectivity index (χ3v) is 1.70. The van der Waals surface area contributed by atoms with Crippen molar-refractivity contribution >= 4 is 5.78 Å². The molecule has 0 spiro atoms. The molecule has 1 aromatic rings. The van der Waals surface area contributed by atoms with Gasteiger partial charge in [0.05, 0.1) is 0 Å². The van der Waals surface area contributed by atoms with E-state index in [-0.39, 0.29) is 5.56 Å². The number of Topliss-reactive ketones (excluding diaryl/α,β-unsaturated/α-hetero) is 1. The fourth-order valence-electron chi connectivity index (χ4n) is 1.10. The first-order valence-corrected chi connectivity index (χ1v) is 4.05. The molecule has 0 aliphatic rings. The number of carbonyl (C=O) groups is 1. The summed E-state index contributed by atoms with van der Waals surface area (Å²) in [6.45, 7) is 1.73. The van der Waals surface area contributed by atoms with Crippen molar-refractivity contribution in [2.75, 3.05) is 0 Å². The molecule has 0 heterocycles. The Balaban J connectivity index is 2.80. The fourth-order valence-corrected chi connectivity index (χ4v) is 1.10. The van der Waals surface area contributed by atoms with E-state index in [0.717, 1.165) is 5.56 Å². The molecule has 14 heavy (non-hydrogen) atoms. The minimum Gasteiger partial charge on any atom is -0.294 e. The summed E-state index contributed by atoms with van der Waals surface area (Å²) < 4.78 is 35.6. The first kappa shape index (κ1) is 10.8. The zero-order chi connectivity index (χ0) is 10.8. The highest BCUT2D eigenvalue weighted by atomic mass is 19.4. The van der Waals surface area contributed by atoms with Gasteiger partial charge in [-0.2, -0.15) is 13.2 Å². The quantitative estimate of drug-likeness (QED) is 0.673. The Kier molecular flexibility index (Phi) is 2.93. The Morgan fingerprint density at radius 2 is 2.00 bits per heavy atom. The normalized spacial score (nSPS) is 11.4. The lowest BCUT2D eigenvalue weighted by molar-refractivity contribution is -0.125. The van der Waals surface area contributed by atoms with Crippen LogP contribution < -0.4 is 0 Å². The van der Waals surface area contributed by atoms with Crippen LogP contribution in [0.5, 0.6) is 0 Å². The number of carbonyl (C=O) groups excluding carboxylic acids is 1. The van der Waals surface area contributed by atoms with Gasteiger partial charge in [0.25, 0.3) is 0 Å². The number of alkyl halides is 3. The van der Waals surface area contributed by atoms with Crippen LogP contribution in [0.1, 0.15) is 22.3 Å². The first-order chi connectivity index (χ1) is 6.38. The van der Waals surface area contributed by atoms with E-state index < -0.39 is 18.4 Å². The molecule has 1 rings (SSSR count). The number of ketones is 1. The second kappa shape index (κ2) is 3.82. The highest BCUT2D eigenvalue weighted by Gasteiger charge is 2.31. The maximum absolute atomic E-state index is 11.9. The topological polar surface area (TPSA) is 17.1 Å². The molecule has 0 aliphatic heterocycles. The molecular formula is C10H9F3O. The molecule has 0 radical (unpaired) electrons. The lowest BCUT2D eigenvalue weighted by atomic mass is 10.1. The molecule has 0 saturated heterocycles. The van der Waals surface area contributed by atoms with Gasteiger partial charge >= 0.3 is 6.18 Å². The van der Waals surface area contributed by atoms with Crippen molar-refractivity contribution in [1.29, 1.82) is 0 Å². The summed E-state index contributed by atoms with van der Waals surface area (Å²) in [5, 5.41) is 0. The van der Waals surface area contributed by atoms with Crippen LogP contribution in [-0.2, 0) is 0 Å². The van der Waals surface area contributed by atoms with Crippen molar-refractivity contribution < 1.29 is 18.0 Å². The maximum Gasteiger partial charge on any atom is 0.396 e. The van der Waals surface area contributed by atoms with Crippen LogP contribution in [0.4, 0.5) is 13.2 Å². The molecule has 0 aliphatic carbocycles. The number of hydrogen-bond donors (Lipinski definition) is 0. The second-order valence-corrected chi connectivity index (χ2v) is 3.08. The lowest BCUT2D eigenvalue weighted by Gasteiger charge is -2.05. The van der Waals surface area contributed by atoms with E-state index in [1.807, 2.05) is 0 Å². The number of hydrogen-bond acceptors (Lipinski definition) is 1. The minimum atomic E-state index is -4.43. The summed E-state index contributed by atoms with van der Waals surface area (Å²) in [6, 6.07) is 6.14. The molecule has 0 unspecified atom stereocenters. The molecule has 0 saturated carbocycles. The Hall–Kier alpha value is -1.32. The minimum absolute atomic E-state index is 0.113. The summed E-state index contributed by atoms with van der Waals surface area (Å²) >= 11 is 0. The van der Waals surface area contributed by atoms with Gasteiger partial charge in [-0.1, -0.05) is 23.8 Å². The second-order valence-electron chi connectivity index (χ2n) is 3.08. The van der Waals surface area contributed by atoms with Crippen LogP contribution in [-0.4, -0.2) is 12.0 Å². The van der Waals surface area contributed by atoms with Gasteiger partial charge < -0.3 is 0 Å². The molecule has 0 aromatic heterocycles. The van der Waals surface area contributed by atoms with Crippen LogP contribution in [0.15, 0.2) is 24.3 Å². The van der Waals surface area contributed by atoms with E-state index in [1.54, 1.807) is 19.1 Å². The van der Waals surface area contributed by atoms with Crippen molar-refractivity contribution in [2.45, 2.75) is 19.5 Å². The monoisotopic (exact) mass is 202 g/mol. The van der Waals surface area contributed by atoms with Crippen LogP contribution in [0.3, 0.4) is 0 Å². The van der Waals surface area contributed by atoms with Crippen LogP contribution >= 0.6 is 0 Å². The van der Waals surface area contributed by atoms with Crippen molar-refractivity contribution in [1.82, 2.24) is 0 Å². The Bertz CT molecular complexity index is 341. The average molecular weight is 202 g/mol. The van der Waals surface area contributed by atoms with Gasteiger partial charge in [0, 0.05) is 5.56 Å². The van der Waals surface area contributed by atoms with Gasteiger partial charge in [-0.3, -0.25) is 4.79 Å². The molecule has 0 N–H and O–H groups in total. The molecule has 1 aromatic carbocycles.